The van der Waals surface area contributed by atoms with E-state index in [1.165, 1.54) is 6.07 Å². The fourth-order valence-corrected chi connectivity index (χ4v) is 2.00. The van der Waals surface area contributed by atoms with E-state index in [-0.39, 0.29) is 12.2 Å². The van der Waals surface area contributed by atoms with Gasteiger partial charge in [0, 0.05) is 5.56 Å². The molecule has 0 aliphatic rings. The molecular weight excluding hydrogens is 265 g/mol. The van der Waals surface area contributed by atoms with Crippen LogP contribution in [-0.2, 0) is 13.0 Å². The number of halogens is 3. The van der Waals surface area contributed by atoms with Crippen LogP contribution in [0.25, 0.3) is 0 Å². The molecule has 4 heteroatoms. The number of para-hydroxylation sites is 1. The predicted octanol–water partition coefficient (Wildman–Crippen LogP) is 4.68. The van der Waals surface area contributed by atoms with Crippen LogP contribution < -0.4 is 4.74 Å². The minimum Gasteiger partial charge on any atom is -0.488 e. The second-order valence-electron chi connectivity index (χ2n) is 4.63. The number of hydrogen-bond acceptors (Lipinski definition) is 1. The molecule has 0 fully saturated rings. The van der Waals surface area contributed by atoms with E-state index in [0.717, 1.165) is 5.56 Å². The van der Waals surface area contributed by atoms with Crippen LogP contribution in [0.2, 0.25) is 0 Å². The Morgan fingerprint density at radius 3 is 2.30 bits per heavy atom. The zero-order valence-corrected chi connectivity index (χ0v) is 11.1. The highest BCUT2D eigenvalue weighted by Crippen LogP contribution is 2.30. The van der Waals surface area contributed by atoms with E-state index in [9.17, 15) is 13.2 Å². The molecule has 0 aromatic heterocycles. The topological polar surface area (TPSA) is 9.23 Å². The third kappa shape index (κ3) is 4.02. The fraction of sp³-hybridized carbons (Fsp3) is 0.250. The number of benzene rings is 2. The van der Waals surface area contributed by atoms with Crippen LogP contribution in [0.15, 0.2) is 48.5 Å². The van der Waals surface area contributed by atoms with Crippen LogP contribution in [0, 0.1) is 6.92 Å². The first-order chi connectivity index (χ1) is 9.46. The number of alkyl halides is 3. The van der Waals surface area contributed by atoms with Crippen LogP contribution in [0.1, 0.15) is 16.7 Å². The standard InChI is InChI=1S/C16H15F3O/c1-12-6-5-9-14(10-16(17,18)19)15(12)20-11-13-7-3-2-4-8-13/h2-9H,10-11H2,1H3. The molecule has 0 aliphatic carbocycles. The average Bonchev–Trinajstić information content (AvgIpc) is 2.37. The van der Waals surface area contributed by atoms with Gasteiger partial charge in [-0.05, 0) is 18.1 Å². The van der Waals surface area contributed by atoms with Crippen LogP contribution >= 0.6 is 0 Å². The average molecular weight is 280 g/mol. The van der Waals surface area contributed by atoms with E-state index in [0.29, 0.717) is 11.3 Å². The zero-order valence-electron chi connectivity index (χ0n) is 11.1. The van der Waals surface area contributed by atoms with Gasteiger partial charge in [0.2, 0.25) is 0 Å². The van der Waals surface area contributed by atoms with Crippen molar-refractivity contribution >= 4 is 0 Å². The summed E-state index contributed by atoms with van der Waals surface area (Å²) in [4.78, 5) is 0. The normalized spacial score (nSPS) is 11.4. The van der Waals surface area contributed by atoms with Crippen LogP contribution in [-0.4, -0.2) is 6.18 Å². The van der Waals surface area contributed by atoms with Crippen molar-refractivity contribution in [3.63, 3.8) is 0 Å². The number of ether oxygens (including phenoxy) is 1. The van der Waals surface area contributed by atoms with E-state index in [2.05, 4.69) is 0 Å². The second-order valence-corrected chi connectivity index (χ2v) is 4.63. The summed E-state index contributed by atoms with van der Waals surface area (Å²) >= 11 is 0. The summed E-state index contributed by atoms with van der Waals surface area (Å²) < 4.78 is 43.3. The van der Waals surface area contributed by atoms with Gasteiger partial charge in [0.25, 0.3) is 0 Å². The van der Waals surface area contributed by atoms with E-state index in [1.54, 1.807) is 19.1 Å². The van der Waals surface area contributed by atoms with Gasteiger partial charge >= 0.3 is 6.18 Å². The maximum atomic E-state index is 12.6. The molecule has 2 aromatic carbocycles. The largest absolute Gasteiger partial charge is 0.488 e. The molecular formula is C16H15F3O. The molecule has 106 valence electrons. The third-order valence-corrected chi connectivity index (χ3v) is 2.91. The van der Waals surface area contributed by atoms with Gasteiger partial charge in [-0.3, -0.25) is 0 Å². The highest BCUT2D eigenvalue weighted by atomic mass is 19.4. The molecule has 0 bridgehead atoms. The predicted molar refractivity (Wildman–Crippen MR) is 71.7 cm³/mol. The summed E-state index contributed by atoms with van der Waals surface area (Å²) in [6, 6.07) is 14.2. The number of rotatable bonds is 4. The Bertz CT molecular complexity index is 562. The number of aryl methyl sites for hydroxylation is 1. The fourth-order valence-electron chi connectivity index (χ4n) is 2.00. The number of hydrogen-bond donors (Lipinski definition) is 0. The Labute approximate surface area is 116 Å². The Morgan fingerprint density at radius 2 is 1.65 bits per heavy atom. The van der Waals surface area contributed by atoms with Crippen molar-refractivity contribution in [2.45, 2.75) is 26.1 Å². The van der Waals surface area contributed by atoms with Crippen molar-refractivity contribution in [1.29, 1.82) is 0 Å². The first-order valence-electron chi connectivity index (χ1n) is 6.28. The Kier molecular flexibility index (Phi) is 4.32. The maximum absolute atomic E-state index is 12.6. The monoisotopic (exact) mass is 280 g/mol. The molecule has 2 rings (SSSR count). The maximum Gasteiger partial charge on any atom is 0.393 e. The van der Waals surface area contributed by atoms with Gasteiger partial charge < -0.3 is 4.74 Å². The molecule has 0 N–H and O–H groups in total. The summed E-state index contributed by atoms with van der Waals surface area (Å²) in [6.45, 7) is 2.01. The van der Waals surface area contributed by atoms with Gasteiger partial charge in [-0.15, -0.1) is 0 Å². The molecule has 0 radical (unpaired) electrons. The minimum atomic E-state index is -4.24. The molecule has 0 amide bonds. The van der Waals surface area contributed by atoms with Crippen LogP contribution in [0.5, 0.6) is 5.75 Å². The van der Waals surface area contributed by atoms with E-state index >= 15 is 0 Å². The first-order valence-corrected chi connectivity index (χ1v) is 6.28. The van der Waals surface area contributed by atoms with Crippen molar-refractivity contribution in [3.8, 4) is 5.75 Å². The van der Waals surface area contributed by atoms with Crippen molar-refractivity contribution in [1.82, 2.24) is 0 Å². The molecule has 2 aromatic rings. The lowest BCUT2D eigenvalue weighted by Crippen LogP contribution is -2.13. The molecule has 0 saturated carbocycles. The summed E-state index contributed by atoms with van der Waals surface area (Å²) in [7, 11) is 0. The molecule has 0 atom stereocenters. The molecule has 1 nitrogen and oxygen atoms in total. The lowest BCUT2D eigenvalue weighted by molar-refractivity contribution is -0.127. The van der Waals surface area contributed by atoms with Crippen molar-refractivity contribution < 1.29 is 17.9 Å². The highest BCUT2D eigenvalue weighted by molar-refractivity contribution is 5.41. The minimum absolute atomic E-state index is 0.174. The van der Waals surface area contributed by atoms with Gasteiger partial charge in [-0.1, -0.05) is 48.5 Å². The Hall–Kier alpha value is -1.97. The van der Waals surface area contributed by atoms with E-state index < -0.39 is 12.6 Å². The van der Waals surface area contributed by atoms with Crippen molar-refractivity contribution in [3.05, 3.63) is 65.2 Å². The second kappa shape index (κ2) is 5.99. The molecule has 0 saturated heterocycles. The van der Waals surface area contributed by atoms with Crippen LogP contribution in [0.3, 0.4) is 0 Å². The van der Waals surface area contributed by atoms with E-state index in [1.807, 2.05) is 30.3 Å². The zero-order chi connectivity index (χ0) is 14.6. The molecule has 0 spiro atoms. The summed E-state index contributed by atoms with van der Waals surface area (Å²) in [5.41, 5.74) is 1.81. The summed E-state index contributed by atoms with van der Waals surface area (Å²) in [6.07, 6.45) is -5.21. The molecule has 20 heavy (non-hydrogen) atoms. The quantitative estimate of drug-likeness (QED) is 0.790. The molecule has 0 aliphatic heterocycles. The lowest BCUT2D eigenvalue weighted by atomic mass is 10.1. The van der Waals surface area contributed by atoms with Gasteiger partial charge in [-0.2, -0.15) is 13.2 Å². The van der Waals surface area contributed by atoms with Gasteiger partial charge in [0.05, 0.1) is 6.42 Å². The Balaban J connectivity index is 2.18. The van der Waals surface area contributed by atoms with E-state index in [4.69, 9.17) is 4.74 Å². The van der Waals surface area contributed by atoms with Crippen molar-refractivity contribution in [2.75, 3.05) is 0 Å². The van der Waals surface area contributed by atoms with Gasteiger partial charge in [0.15, 0.2) is 0 Å². The van der Waals surface area contributed by atoms with Crippen LogP contribution in [0.4, 0.5) is 13.2 Å². The smallest absolute Gasteiger partial charge is 0.393 e. The third-order valence-electron chi connectivity index (χ3n) is 2.91. The summed E-state index contributed by atoms with van der Waals surface area (Å²) in [5.74, 6) is 0.327. The molecule has 0 heterocycles. The SMILES string of the molecule is Cc1cccc(CC(F)(F)F)c1OCc1ccccc1. The van der Waals surface area contributed by atoms with Gasteiger partial charge in [-0.25, -0.2) is 0 Å². The summed E-state index contributed by atoms with van der Waals surface area (Å²) in [5, 5.41) is 0. The molecule has 0 unspecified atom stereocenters. The lowest BCUT2D eigenvalue weighted by Gasteiger charge is -2.15. The first kappa shape index (κ1) is 14.4. The Morgan fingerprint density at radius 1 is 0.950 bits per heavy atom. The highest BCUT2D eigenvalue weighted by Gasteiger charge is 2.29. The van der Waals surface area contributed by atoms with Gasteiger partial charge in [0.1, 0.15) is 12.4 Å². The van der Waals surface area contributed by atoms with Crippen molar-refractivity contribution in [2.24, 2.45) is 0 Å².